The number of nitrogens with one attached hydrogen (secondary N) is 3. The summed E-state index contributed by atoms with van der Waals surface area (Å²) in [6, 6.07) is 9.49. The Bertz CT molecular complexity index is 519. The third kappa shape index (κ3) is 2.34. The molecule has 5 heteroatoms. The first kappa shape index (κ1) is 9.26. The summed E-state index contributed by atoms with van der Waals surface area (Å²) in [5.41, 5.74) is -0.392. The molecular weight excluding hydrogens is 194 g/mol. The van der Waals surface area contributed by atoms with Gasteiger partial charge in [-0.2, -0.15) is 0 Å². The van der Waals surface area contributed by atoms with Crippen molar-refractivity contribution >= 4 is 11.6 Å². The summed E-state index contributed by atoms with van der Waals surface area (Å²) >= 11 is 0. The number of rotatable bonds is 2. The van der Waals surface area contributed by atoms with Crippen LogP contribution in [-0.4, -0.2) is 9.97 Å². The highest BCUT2D eigenvalue weighted by molar-refractivity contribution is 5.50. The van der Waals surface area contributed by atoms with Crippen LogP contribution in [0.3, 0.4) is 0 Å². The molecule has 0 atom stereocenters. The van der Waals surface area contributed by atoms with Crippen LogP contribution in [0, 0.1) is 0 Å². The fourth-order valence-electron chi connectivity index (χ4n) is 1.19. The van der Waals surface area contributed by atoms with E-state index in [2.05, 4.69) is 15.3 Å². The van der Waals surface area contributed by atoms with Gasteiger partial charge in [0.15, 0.2) is 0 Å². The summed E-state index contributed by atoms with van der Waals surface area (Å²) in [6.07, 6.45) is 0. The molecule has 2 heterocycles. The van der Waals surface area contributed by atoms with Gasteiger partial charge in [-0.25, -0.2) is 0 Å². The van der Waals surface area contributed by atoms with E-state index in [1.807, 2.05) is 0 Å². The molecular formula is C10H9N3O2. The van der Waals surface area contributed by atoms with Gasteiger partial charge in [-0.3, -0.25) is 9.59 Å². The predicted octanol–water partition coefficient (Wildman–Crippen LogP) is 0.807. The van der Waals surface area contributed by atoms with E-state index in [9.17, 15) is 9.59 Å². The first-order chi connectivity index (χ1) is 7.24. The number of aromatic amines is 2. The Hall–Kier alpha value is -2.30. The molecule has 0 unspecified atom stereocenters. The molecule has 0 aliphatic carbocycles. The van der Waals surface area contributed by atoms with E-state index in [-0.39, 0.29) is 11.1 Å². The van der Waals surface area contributed by atoms with Crippen LogP contribution in [-0.2, 0) is 0 Å². The topological polar surface area (TPSA) is 77.8 Å². The molecule has 0 radical (unpaired) electrons. The molecule has 0 amide bonds. The second-order valence-corrected chi connectivity index (χ2v) is 2.98. The Balaban J connectivity index is 2.29. The van der Waals surface area contributed by atoms with Gasteiger partial charge in [0.2, 0.25) is 11.1 Å². The molecule has 0 aliphatic rings. The molecule has 2 rings (SSSR count). The SMILES string of the molecule is O=c1cccc(Nc2cccc(=O)[nH]2)[nH]1. The highest BCUT2D eigenvalue weighted by Crippen LogP contribution is 2.06. The van der Waals surface area contributed by atoms with Crippen LogP contribution >= 0.6 is 0 Å². The van der Waals surface area contributed by atoms with Crippen molar-refractivity contribution < 1.29 is 0 Å². The minimum atomic E-state index is -0.196. The molecule has 0 saturated heterocycles. The van der Waals surface area contributed by atoms with Gasteiger partial charge in [0.05, 0.1) is 0 Å². The van der Waals surface area contributed by atoms with E-state index in [0.29, 0.717) is 11.6 Å². The second-order valence-electron chi connectivity index (χ2n) is 2.98. The van der Waals surface area contributed by atoms with Gasteiger partial charge >= 0.3 is 0 Å². The number of anilines is 2. The van der Waals surface area contributed by atoms with Gasteiger partial charge in [-0.05, 0) is 12.1 Å². The molecule has 5 nitrogen and oxygen atoms in total. The summed E-state index contributed by atoms with van der Waals surface area (Å²) in [4.78, 5) is 27.1. The van der Waals surface area contributed by atoms with Crippen molar-refractivity contribution in [2.75, 3.05) is 5.32 Å². The van der Waals surface area contributed by atoms with Gasteiger partial charge < -0.3 is 15.3 Å². The number of aromatic nitrogens is 2. The molecule has 2 aromatic heterocycles. The molecule has 0 saturated carbocycles. The van der Waals surface area contributed by atoms with Gasteiger partial charge in [0.1, 0.15) is 11.6 Å². The fourth-order valence-corrected chi connectivity index (χ4v) is 1.19. The van der Waals surface area contributed by atoms with Crippen molar-refractivity contribution in [2.24, 2.45) is 0 Å². The smallest absolute Gasteiger partial charge is 0.249 e. The fraction of sp³-hybridized carbons (Fsp3) is 0. The average Bonchev–Trinajstić information content (AvgIpc) is 2.17. The highest BCUT2D eigenvalue weighted by Gasteiger charge is 1.94. The quantitative estimate of drug-likeness (QED) is 0.675. The lowest BCUT2D eigenvalue weighted by Gasteiger charge is -2.04. The molecule has 0 aromatic carbocycles. The summed E-state index contributed by atoms with van der Waals surface area (Å²) in [6.45, 7) is 0. The number of H-pyrrole nitrogens is 2. The Morgan fingerprint density at radius 3 is 1.67 bits per heavy atom. The van der Waals surface area contributed by atoms with Crippen LogP contribution in [0.4, 0.5) is 11.6 Å². The lowest BCUT2D eigenvalue weighted by atomic mass is 10.4. The van der Waals surface area contributed by atoms with Crippen molar-refractivity contribution in [3.05, 3.63) is 57.1 Å². The molecule has 76 valence electrons. The van der Waals surface area contributed by atoms with Crippen LogP contribution in [0.2, 0.25) is 0 Å². The van der Waals surface area contributed by atoms with Gasteiger partial charge in [0, 0.05) is 12.1 Å². The Labute approximate surface area is 84.8 Å². The van der Waals surface area contributed by atoms with Crippen LogP contribution in [0.5, 0.6) is 0 Å². The Morgan fingerprint density at radius 1 is 0.800 bits per heavy atom. The highest BCUT2D eigenvalue weighted by atomic mass is 16.1. The zero-order chi connectivity index (χ0) is 10.7. The molecule has 0 aliphatic heterocycles. The van der Waals surface area contributed by atoms with Crippen molar-refractivity contribution in [3.8, 4) is 0 Å². The average molecular weight is 203 g/mol. The summed E-state index contributed by atoms with van der Waals surface area (Å²) in [5, 5.41) is 2.87. The standard InChI is InChI=1S/C10H9N3O2/c14-9-5-1-3-7(12-9)11-8-4-2-6-10(15)13-8/h1-6H,(H3,11,12,13,14,15). The van der Waals surface area contributed by atoms with Crippen molar-refractivity contribution in [1.82, 2.24) is 9.97 Å². The van der Waals surface area contributed by atoms with Crippen LogP contribution in [0.25, 0.3) is 0 Å². The number of hydrogen-bond donors (Lipinski definition) is 3. The van der Waals surface area contributed by atoms with Crippen molar-refractivity contribution in [2.45, 2.75) is 0 Å². The number of pyridine rings is 2. The minimum absolute atomic E-state index is 0.196. The largest absolute Gasteiger partial charge is 0.328 e. The van der Waals surface area contributed by atoms with E-state index in [0.717, 1.165) is 0 Å². The number of hydrogen-bond acceptors (Lipinski definition) is 3. The van der Waals surface area contributed by atoms with Crippen LogP contribution in [0.15, 0.2) is 46.0 Å². The molecule has 15 heavy (non-hydrogen) atoms. The van der Waals surface area contributed by atoms with Crippen LogP contribution in [0.1, 0.15) is 0 Å². The second kappa shape index (κ2) is 3.83. The zero-order valence-electron chi connectivity index (χ0n) is 7.78. The molecule has 0 bridgehead atoms. The summed E-state index contributed by atoms with van der Waals surface area (Å²) in [7, 11) is 0. The molecule has 2 aromatic rings. The van der Waals surface area contributed by atoms with E-state index < -0.39 is 0 Å². The van der Waals surface area contributed by atoms with Crippen molar-refractivity contribution in [3.63, 3.8) is 0 Å². The molecule has 0 fully saturated rings. The summed E-state index contributed by atoms with van der Waals surface area (Å²) < 4.78 is 0. The summed E-state index contributed by atoms with van der Waals surface area (Å²) in [5.74, 6) is 1.06. The van der Waals surface area contributed by atoms with E-state index in [1.165, 1.54) is 12.1 Å². The van der Waals surface area contributed by atoms with Gasteiger partial charge in [-0.15, -0.1) is 0 Å². The normalized spacial score (nSPS) is 9.87. The van der Waals surface area contributed by atoms with Crippen LogP contribution < -0.4 is 16.4 Å². The predicted molar refractivity (Wildman–Crippen MR) is 57.4 cm³/mol. The zero-order valence-corrected chi connectivity index (χ0v) is 7.78. The maximum Gasteiger partial charge on any atom is 0.249 e. The molecule has 3 N–H and O–H groups in total. The maximum absolute atomic E-state index is 11.0. The van der Waals surface area contributed by atoms with E-state index >= 15 is 0 Å². The van der Waals surface area contributed by atoms with Gasteiger partial charge in [-0.1, -0.05) is 12.1 Å². The van der Waals surface area contributed by atoms with Crippen molar-refractivity contribution in [1.29, 1.82) is 0 Å². The first-order valence-electron chi connectivity index (χ1n) is 4.40. The lowest BCUT2D eigenvalue weighted by molar-refractivity contribution is 1.18. The van der Waals surface area contributed by atoms with E-state index in [4.69, 9.17) is 0 Å². The Kier molecular flexibility index (Phi) is 2.37. The third-order valence-electron chi connectivity index (χ3n) is 1.81. The maximum atomic E-state index is 11.0. The lowest BCUT2D eigenvalue weighted by Crippen LogP contribution is -2.09. The Morgan fingerprint density at radius 2 is 1.27 bits per heavy atom. The first-order valence-corrected chi connectivity index (χ1v) is 4.40. The molecule has 0 spiro atoms. The van der Waals surface area contributed by atoms with E-state index in [1.54, 1.807) is 24.3 Å². The van der Waals surface area contributed by atoms with Gasteiger partial charge in [0.25, 0.3) is 0 Å². The monoisotopic (exact) mass is 203 g/mol. The minimum Gasteiger partial charge on any atom is -0.328 e. The third-order valence-corrected chi connectivity index (χ3v) is 1.81.